The minimum Gasteiger partial charge on any atom is -0.493 e. The lowest BCUT2D eigenvalue weighted by Crippen LogP contribution is -2.28. The van der Waals surface area contributed by atoms with Gasteiger partial charge in [0.15, 0.2) is 11.5 Å². The van der Waals surface area contributed by atoms with Crippen molar-refractivity contribution in [3.05, 3.63) is 22.2 Å². The number of nitrogens with zero attached hydrogens (tertiary/aromatic N) is 1. The second-order valence-electron chi connectivity index (χ2n) is 5.92. The summed E-state index contributed by atoms with van der Waals surface area (Å²) >= 11 is 3.60. The van der Waals surface area contributed by atoms with Crippen molar-refractivity contribution in [1.82, 2.24) is 10.2 Å². The molecule has 0 saturated carbocycles. The van der Waals surface area contributed by atoms with Gasteiger partial charge in [-0.15, -0.1) is 0 Å². The van der Waals surface area contributed by atoms with Crippen LogP contribution >= 0.6 is 15.9 Å². The number of likely N-dealkylation sites (tertiary alicyclic amines) is 1. The summed E-state index contributed by atoms with van der Waals surface area (Å²) in [4.78, 5) is 13.5. The molecule has 1 aliphatic rings. The summed E-state index contributed by atoms with van der Waals surface area (Å²) in [6.45, 7) is 6.06. The van der Waals surface area contributed by atoms with Gasteiger partial charge in [-0.25, -0.2) is 0 Å². The van der Waals surface area contributed by atoms with E-state index in [1.165, 1.54) is 0 Å². The molecule has 0 spiro atoms. The molecule has 1 N–H and O–H groups in total. The van der Waals surface area contributed by atoms with Gasteiger partial charge in [-0.2, -0.15) is 0 Å². The van der Waals surface area contributed by atoms with Crippen LogP contribution in [0.5, 0.6) is 11.5 Å². The Morgan fingerprint density at radius 1 is 1.38 bits per heavy atom. The van der Waals surface area contributed by atoms with Gasteiger partial charge in [-0.3, -0.25) is 4.79 Å². The van der Waals surface area contributed by atoms with Gasteiger partial charge in [0.25, 0.3) is 0 Å². The quantitative estimate of drug-likeness (QED) is 0.613. The summed E-state index contributed by atoms with van der Waals surface area (Å²) in [7, 11) is 1.66. The minimum atomic E-state index is 0.292. The lowest BCUT2D eigenvalue weighted by molar-refractivity contribution is -0.127. The molecule has 6 heteroatoms. The Labute approximate surface area is 152 Å². The van der Waals surface area contributed by atoms with E-state index in [1.54, 1.807) is 7.11 Å². The van der Waals surface area contributed by atoms with E-state index in [1.807, 2.05) is 17.0 Å². The Kier molecular flexibility index (Phi) is 7.85. The van der Waals surface area contributed by atoms with Crippen LogP contribution in [0.25, 0.3) is 0 Å². The van der Waals surface area contributed by atoms with E-state index in [4.69, 9.17) is 9.47 Å². The third-order valence-corrected chi connectivity index (χ3v) is 4.84. The molecule has 0 bridgehead atoms. The first kappa shape index (κ1) is 19.1. The standard InChI is InChI=1S/C18H27BrN2O3/c1-3-12-24-18-14(15(19)7-8-16(18)23-2)13-20-9-5-11-21-10-4-6-17(21)22/h7-8,20H,3-6,9-13H2,1-2H3. The molecule has 0 aromatic heterocycles. The number of amides is 1. The average Bonchev–Trinajstić information content (AvgIpc) is 2.99. The van der Waals surface area contributed by atoms with Crippen LogP contribution in [0.1, 0.15) is 38.2 Å². The molecule has 24 heavy (non-hydrogen) atoms. The fourth-order valence-corrected chi connectivity index (χ4v) is 3.27. The van der Waals surface area contributed by atoms with Crippen LogP contribution in [0.2, 0.25) is 0 Å². The third kappa shape index (κ3) is 5.11. The van der Waals surface area contributed by atoms with Crippen molar-refractivity contribution >= 4 is 21.8 Å². The van der Waals surface area contributed by atoms with E-state index in [9.17, 15) is 4.79 Å². The number of benzene rings is 1. The Morgan fingerprint density at radius 2 is 2.21 bits per heavy atom. The Bertz CT molecular complexity index is 551. The highest BCUT2D eigenvalue weighted by atomic mass is 79.9. The molecular formula is C18H27BrN2O3. The van der Waals surface area contributed by atoms with Gasteiger partial charge in [0.2, 0.25) is 5.91 Å². The summed E-state index contributed by atoms with van der Waals surface area (Å²) in [5.41, 5.74) is 1.07. The van der Waals surface area contributed by atoms with Gasteiger partial charge >= 0.3 is 0 Å². The van der Waals surface area contributed by atoms with Crippen LogP contribution in [0.15, 0.2) is 16.6 Å². The van der Waals surface area contributed by atoms with Crippen molar-refractivity contribution in [2.24, 2.45) is 0 Å². The van der Waals surface area contributed by atoms with Crippen molar-refractivity contribution in [1.29, 1.82) is 0 Å². The van der Waals surface area contributed by atoms with Crippen molar-refractivity contribution in [3.8, 4) is 11.5 Å². The van der Waals surface area contributed by atoms with Crippen LogP contribution in [-0.2, 0) is 11.3 Å². The van der Waals surface area contributed by atoms with E-state index in [0.717, 1.165) is 60.4 Å². The van der Waals surface area contributed by atoms with Crippen LogP contribution < -0.4 is 14.8 Å². The molecule has 0 aliphatic carbocycles. The van der Waals surface area contributed by atoms with Gasteiger partial charge in [0, 0.05) is 36.1 Å². The molecule has 0 atom stereocenters. The van der Waals surface area contributed by atoms with Gasteiger partial charge < -0.3 is 19.7 Å². The van der Waals surface area contributed by atoms with E-state index >= 15 is 0 Å². The summed E-state index contributed by atoms with van der Waals surface area (Å²) in [6.07, 6.45) is 3.62. The van der Waals surface area contributed by atoms with Crippen molar-refractivity contribution in [2.45, 2.75) is 39.2 Å². The van der Waals surface area contributed by atoms with E-state index in [0.29, 0.717) is 25.5 Å². The number of halogens is 1. The van der Waals surface area contributed by atoms with Gasteiger partial charge in [-0.05, 0) is 37.9 Å². The zero-order valence-corrected chi connectivity index (χ0v) is 16.2. The second kappa shape index (κ2) is 9.89. The van der Waals surface area contributed by atoms with Gasteiger partial charge in [0.05, 0.1) is 13.7 Å². The van der Waals surface area contributed by atoms with Crippen LogP contribution in [0.3, 0.4) is 0 Å². The Morgan fingerprint density at radius 3 is 2.88 bits per heavy atom. The fourth-order valence-electron chi connectivity index (χ4n) is 2.82. The summed E-state index contributed by atoms with van der Waals surface area (Å²) in [5, 5.41) is 3.45. The molecule has 0 radical (unpaired) electrons. The minimum absolute atomic E-state index is 0.292. The third-order valence-electron chi connectivity index (χ3n) is 4.09. The summed E-state index contributed by atoms with van der Waals surface area (Å²) in [5.74, 6) is 1.85. The smallest absolute Gasteiger partial charge is 0.222 e. The van der Waals surface area contributed by atoms with Crippen molar-refractivity contribution < 1.29 is 14.3 Å². The summed E-state index contributed by atoms with van der Waals surface area (Å²) < 4.78 is 12.3. The summed E-state index contributed by atoms with van der Waals surface area (Å²) in [6, 6.07) is 3.90. The number of rotatable bonds is 10. The molecule has 1 aliphatic heterocycles. The lowest BCUT2D eigenvalue weighted by atomic mass is 10.1. The molecule has 1 aromatic carbocycles. The molecule has 5 nitrogen and oxygen atoms in total. The molecule has 1 saturated heterocycles. The molecule has 2 rings (SSSR count). The Hall–Kier alpha value is -1.27. The van der Waals surface area contributed by atoms with Crippen molar-refractivity contribution in [2.75, 3.05) is 33.4 Å². The first-order chi connectivity index (χ1) is 11.7. The molecule has 1 amide bonds. The molecule has 1 heterocycles. The number of carbonyl (C=O) groups is 1. The molecule has 1 aromatic rings. The predicted molar refractivity (Wildman–Crippen MR) is 98.6 cm³/mol. The average molecular weight is 399 g/mol. The van der Waals surface area contributed by atoms with Gasteiger partial charge in [0.1, 0.15) is 0 Å². The monoisotopic (exact) mass is 398 g/mol. The zero-order valence-electron chi connectivity index (χ0n) is 14.6. The number of nitrogens with one attached hydrogen (secondary N) is 1. The normalized spacial score (nSPS) is 14.3. The zero-order chi connectivity index (χ0) is 17.4. The first-order valence-electron chi connectivity index (χ1n) is 8.64. The second-order valence-corrected chi connectivity index (χ2v) is 6.77. The number of carbonyl (C=O) groups excluding carboxylic acids is 1. The van der Waals surface area contributed by atoms with Crippen LogP contribution in [0, 0.1) is 0 Å². The first-order valence-corrected chi connectivity index (χ1v) is 9.43. The number of methoxy groups -OCH3 is 1. The largest absolute Gasteiger partial charge is 0.493 e. The molecular weight excluding hydrogens is 372 g/mol. The molecule has 0 unspecified atom stereocenters. The van der Waals surface area contributed by atoms with Gasteiger partial charge in [-0.1, -0.05) is 22.9 Å². The lowest BCUT2D eigenvalue weighted by Gasteiger charge is -2.18. The highest BCUT2D eigenvalue weighted by Gasteiger charge is 2.19. The maximum Gasteiger partial charge on any atom is 0.222 e. The van der Waals surface area contributed by atoms with E-state index < -0.39 is 0 Å². The van der Waals surface area contributed by atoms with E-state index in [2.05, 4.69) is 28.2 Å². The molecule has 134 valence electrons. The Balaban J connectivity index is 1.87. The maximum atomic E-state index is 11.6. The van der Waals surface area contributed by atoms with Crippen LogP contribution in [-0.4, -0.2) is 44.2 Å². The highest BCUT2D eigenvalue weighted by molar-refractivity contribution is 9.10. The fraction of sp³-hybridized carbons (Fsp3) is 0.611. The number of ether oxygens (including phenoxy) is 2. The molecule has 1 fully saturated rings. The van der Waals surface area contributed by atoms with E-state index in [-0.39, 0.29) is 0 Å². The maximum absolute atomic E-state index is 11.6. The predicted octanol–water partition coefficient (Wildman–Crippen LogP) is 3.35. The SMILES string of the molecule is CCCOc1c(OC)ccc(Br)c1CNCCCN1CCCC1=O. The topological polar surface area (TPSA) is 50.8 Å². The van der Waals surface area contributed by atoms with Crippen LogP contribution in [0.4, 0.5) is 0 Å². The number of hydrogen-bond acceptors (Lipinski definition) is 4. The number of hydrogen-bond donors (Lipinski definition) is 1. The van der Waals surface area contributed by atoms with Crippen molar-refractivity contribution in [3.63, 3.8) is 0 Å². The highest BCUT2D eigenvalue weighted by Crippen LogP contribution is 2.36.